The molecule has 0 aliphatic carbocycles. The van der Waals surface area contributed by atoms with Gasteiger partial charge in [0, 0.05) is 0 Å². The van der Waals surface area contributed by atoms with Crippen LogP contribution in [-0.2, 0) is 0 Å². The van der Waals surface area contributed by atoms with Crippen molar-refractivity contribution in [3.05, 3.63) is 120 Å². The van der Waals surface area contributed by atoms with E-state index in [9.17, 15) is 0 Å². The lowest BCUT2D eigenvalue weighted by Gasteiger charge is -2.22. The average molecular weight is 537 g/mol. The van der Waals surface area contributed by atoms with Crippen LogP contribution in [0.3, 0.4) is 0 Å². The summed E-state index contributed by atoms with van der Waals surface area (Å²) in [4.78, 5) is 0. The third-order valence-electron chi connectivity index (χ3n) is 9.84. The van der Waals surface area contributed by atoms with E-state index in [0.717, 1.165) is 0 Å². The fraction of sp³-hybridized carbons (Fsp3) is 0.143. The number of hydrogen-bond donors (Lipinski definition) is 0. The van der Waals surface area contributed by atoms with Gasteiger partial charge in [0.05, 0.1) is 0 Å². The molecule has 9 aromatic rings. The van der Waals surface area contributed by atoms with E-state index in [0.29, 0.717) is 11.8 Å². The first-order chi connectivity index (χ1) is 20.5. The van der Waals surface area contributed by atoms with Crippen molar-refractivity contribution in [2.75, 3.05) is 0 Å². The van der Waals surface area contributed by atoms with E-state index < -0.39 is 0 Å². The largest absolute Gasteiger partial charge is 0.0622 e. The number of rotatable bonds is 3. The zero-order valence-corrected chi connectivity index (χ0v) is 24.5. The Morgan fingerprint density at radius 3 is 1.57 bits per heavy atom. The molecule has 0 nitrogen and oxygen atoms in total. The molecule has 0 fully saturated rings. The van der Waals surface area contributed by atoms with Gasteiger partial charge >= 0.3 is 0 Å². The maximum atomic E-state index is 2.55. The summed E-state index contributed by atoms with van der Waals surface area (Å²) in [5.74, 6) is 0.756. The number of hydrogen-bond acceptors (Lipinski definition) is 0. The SMILES string of the molecule is CC(C)c1c2cc3c4ccccc4c4cccc(c2c(C(C)C)c2c5cccc6c(-c7ccccc7)ccc(c12)c65)c43. The molecule has 0 radical (unpaired) electrons. The highest BCUT2D eigenvalue weighted by molar-refractivity contribution is 6.40. The van der Waals surface area contributed by atoms with Crippen LogP contribution < -0.4 is 0 Å². The maximum absolute atomic E-state index is 2.55. The molecule has 0 spiro atoms. The Balaban J connectivity index is 1.59. The topological polar surface area (TPSA) is 0 Å². The Hall–Kier alpha value is -4.68. The third kappa shape index (κ3) is 2.92. The van der Waals surface area contributed by atoms with Gasteiger partial charge < -0.3 is 0 Å². The first kappa shape index (κ1) is 24.0. The van der Waals surface area contributed by atoms with Crippen molar-refractivity contribution < 1.29 is 0 Å². The van der Waals surface area contributed by atoms with E-state index >= 15 is 0 Å². The second-order valence-electron chi connectivity index (χ2n) is 12.8. The van der Waals surface area contributed by atoms with Crippen LogP contribution >= 0.6 is 0 Å². The van der Waals surface area contributed by atoms with Gasteiger partial charge in [-0.2, -0.15) is 0 Å². The fourth-order valence-electron chi connectivity index (χ4n) is 8.34. The summed E-state index contributed by atoms with van der Waals surface area (Å²) >= 11 is 0. The minimum absolute atomic E-state index is 0.376. The normalized spacial score (nSPS) is 12.7. The van der Waals surface area contributed by atoms with Gasteiger partial charge in [-0.05, 0) is 116 Å². The lowest BCUT2D eigenvalue weighted by molar-refractivity contribution is 0.875. The van der Waals surface area contributed by atoms with Crippen LogP contribution in [0.2, 0.25) is 0 Å². The minimum Gasteiger partial charge on any atom is -0.0622 e. The van der Waals surface area contributed by atoms with Crippen molar-refractivity contribution in [1.29, 1.82) is 0 Å². The third-order valence-corrected chi connectivity index (χ3v) is 9.84. The van der Waals surface area contributed by atoms with Crippen LogP contribution in [0.15, 0.2) is 109 Å². The fourth-order valence-corrected chi connectivity index (χ4v) is 8.34. The summed E-state index contributed by atoms with van der Waals surface area (Å²) in [7, 11) is 0. The molecule has 42 heavy (non-hydrogen) atoms. The predicted octanol–water partition coefficient (Wildman–Crippen LogP) is 12.5. The second-order valence-corrected chi connectivity index (χ2v) is 12.8. The molecule has 0 saturated heterocycles. The van der Waals surface area contributed by atoms with Crippen molar-refractivity contribution in [2.24, 2.45) is 0 Å². The number of fused-ring (bicyclic) bond motifs is 8. The van der Waals surface area contributed by atoms with Gasteiger partial charge in [0.25, 0.3) is 0 Å². The van der Waals surface area contributed by atoms with E-state index in [1.54, 1.807) is 0 Å². The Morgan fingerprint density at radius 1 is 0.333 bits per heavy atom. The van der Waals surface area contributed by atoms with E-state index in [1.807, 2.05) is 0 Å². The van der Waals surface area contributed by atoms with Crippen molar-refractivity contribution >= 4 is 75.4 Å². The van der Waals surface area contributed by atoms with Crippen molar-refractivity contribution in [2.45, 2.75) is 39.5 Å². The molecule has 0 heteroatoms. The Kier molecular flexibility index (Phi) is 4.81. The number of benzene rings is 7. The quantitative estimate of drug-likeness (QED) is 0.197. The highest BCUT2D eigenvalue weighted by Crippen LogP contribution is 2.53. The second kappa shape index (κ2) is 8.43. The molecule has 9 rings (SSSR count). The molecule has 0 atom stereocenters. The highest BCUT2D eigenvalue weighted by atomic mass is 14.3. The van der Waals surface area contributed by atoms with Crippen LogP contribution in [0, 0.1) is 0 Å². The average Bonchev–Trinajstić information content (AvgIpc) is 3.51. The summed E-state index contributed by atoms with van der Waals surface area (Å²) < 4.78 is 0. The Labute approximate surface area is 245 Å². The minimum atomic E-state index is 0.376. The molecular weight excluding hydrogens is 504 g/mol. The van der Waals surface area contributed by atoms with Gasteiger partial charge in [-0.1, -0.05) is 131 Å². The molecule has 0 aliphatic rings. The molecule has 9 aromatic carbocycles. The molecule has 0 bridgehead atoms. The van der Waals surface area contributed by atoms with Crippen molar-refractivity contribution in [1.82, 2.24) is 0 Å². The van der Waals surface area contributed by atoms with Crippen LogP contribution in [0.5, 0.6) is 0 Å². The molecule has 0 N–H and O–H groups in total. The standard InChI is InChI=1S/C42H32/c1-23(2)36-35-22-34-28-15-9-8-14-27(28)30-17-11-18-31(39(30)34)40(35)37(24(3)4)42-32-19-10-16-29-26(25-12-6-5-7-13-25)20-21-33(38(29)32)41(36)42/h5-24H,1-4H3. The molecule has 200 valence electrons. The summed E-state index contributed by atoms with van der Waals surface area (Å²) in [5, 5.41) is 19.7. The summed E-state index contributed by atoms with van der Waals surface area (Å²) in [6.07, 6.45) is 0. The summed E-state index contributed by atoms with van der Waals surface area (Å²) in [6.45, 7) is 9.55. The van der Waals surface area contributed by atoms with Gasteiger partial charge in [-0.3, -0.25) is 0 Å². The summed E-state index contributed by atoms with van der Waals surface area (Å²) in [6, 6.07) is 41.1. The van der Waals surface area contributed by atoms with Gasteiger partial charge in [0.15, 0.2) is 0 Å². The zero-order valence-electron chi connectivity index (χ0n) is 24.5. The van der Waals surface area contributed by atoms with E-state index in [4.69, 9.17) is 0 Å². The lowest BCUT2D eigenvalue weighted by Crippen LogP contribution is -1.99. The van der Waals surface area contributed by atoms with E-state index in [2.05, 4.69) is 137 Å². The van der Waals surface area contributed by atoms with Gasteiger partial charge in [-0.15, -0.1) is 0 Å². The van der Waals surface area contributed by atoms with Gasteiger partial charge in [0.1, 0.15) is 0 Å². The van der Waals surface area contributed by atoms with Crippen LogP contribution in [-0.4, -0.2) is 0 Å². The molecule has 0 amide bonds. The highest BCUT2D eigenvalue weighted by Gasteiger charge is 2.27. The maximum Gasteiger partial charge on any atom is -0.00198 e. The van der Waals surface area contributed by atoms with Crippen LogP contribution in [0.1, 0.15) is 50.7 Å². The molecule has 0 heterocycles. The van der Waals surface area contributed by atoms with E-state index in [1.165, 1.54) is 97.7 Å². The monoisotopic (exact) mass is 536 g/mol. The first-order valence-corrected chi connectivity index (χ1v) is 15.4. The summed E-state index contributed by atoms with van der Waals surface area (Å²) in [5.41, 5.74) is 5.57. The van der Waals surface area contributed by atoms with Crippen molar-refractivity contribution in [3.8, 4) is 11.1 Å². The molecular formula is C42H32. The Bertz CT molecular complexity index is 2490. The smallest absolute Gasteiger partial charge is 0.00198 e. The lowest BCUT2D eigenvalue weighted by atomic mass is 9.82. The predicted molar refractivity (Wildman–Crippen MR) is 185 cm³/mol. The molecule has 0 saturated carbocycles. The zero-order chi connectivity index (χ0) is 28.3. The van der Waals surface area contributed by atoms with Gasteiger partial charge in [-0.25, -0.2) is 0 Å². The molecule has 0 aliphatic heterocycles. The Morgan fingerprint density at radius 2 is 0.857 bits per heavy atom. The van der Waals surface area contributed by atoms with E-state index in [-0.39, 0.29) is 0 Å². The molecule has 0 unspecified atom stereocenters. The van der Waals surface area contributed by atoms with Crippen molar-refractivity contribution in [3.63, 3.8) is 0 Å². The van der Waals surface area contributed by atoms with Crippen LogP contribution in [0.25, 0.3) is 86.5 Å². The first-order valence-electron chi connectivity index (χ1n) is 15.4. The van der Waals surface area contributed by atoms with Gasteiger partial charge in [0.2, 0.25) is 0 Å². The molecule has 0 aromatic heterocycles. The van der Waals surface area contributed by atoms with Crippen LogP contribution in [0.4, 0.5) is 0 Å².